The van der Waals surface area contributed by atoms with E-state index in [2.05, 4.69) is 18.2 Å². The van der Waals surface area contributed by atoms with E-state index in [1.807, 2.05) is 43.3 Å². The van der Waals surface area contributed by atoms with E-state index in [1.165, 1.54) is 5.56 Å². The molecular weight excluding hydrogens is 324 g/mol. The Morgan fingerprint density at radius 1 is 1.12 bits per heavy atom. The van der Waals surface area contributed by atoms with Crippen LogP contribution in [0.15, 0.2) is 48.5 Å². The lowest BCUT2D eigenvalue weighted by molar-refractivity contribution is 0.326. The van der Waals surface area contributed by atoms with Crippen LogP contribution < -0.4 is 9.47 Å². The van der Waals surface area contributed by atoms with Crippen molar-refractivity contribution in [1.29, 1.82) is 5.26 Å². The highest BCUT2D eigenvalue weighted by Crippen LogP contribution is 2.44. The molecule has 0 saturated carbocycles. The second-order valence-electron chi connectivity index (χ2n) is 6.10. The third kappa shape index (κ3) is 2.49. The second kappa shape index (κ2) is 6.53. The molecule has 0 fully saturated rings. The summed E-state index contributed by atoms with van der Waals surface area (Å²) in [6.07, 6.45) is 0.765. The monoisotopic (exact) mass is 342 g/mol. The van der Waals surface area contributed by atoms with E-state index in [4.69, 9.17) is 14.5 Å². The molecule has 0 atom stereocenters. The van der Waals surface area contributed by atoms with Crippen LogP contribution in [0, 0.1) is 11.3 Å². The smallest absolute Gasteiger partial charge is 0.232 e. The second-order valence-corrected chi connectivity index (χ2v) is 6.10. The molecule has 1 aromatic heterocycles. The minimum Gasteiger partial charge on any atom is -0.497 e. The van der Waals surface area contributed by atoms with Gasteiger partial charge in [0.15, 0.2) is 0 Å². The van der Waals surface area contributed by atoms with Gasteiger partial charge in [-0.1, -0.05) is 36.4 Å². The van der Waals surface area contributed by atoms with E-state index >= 15 is 0 Å². The van der Waals surface area contributed by atoms with Gasteiger partial charge >= 0.3 is 0 Å². The van der Waals surface area contributed by atoms with Crippen molar-refractivity contribution in [3.63, 3.8) is 0 Å². The maximum atomic E-state index is 9.84. The first-order valence-corrected chi connectivity index (χ1v) is 8.59. The summed E-state index contributed by atoms with van der Waals surface area (Å²) >= 11 is 0. The molecule has 4 heteroatoms. The molecule has 0 bridgehead atoms. The first kappa shape index (κ1) is 16.2. The number of ether oxygens (including phenoxy) is 2. The molecule has 1 heterocycles. The minimum absolute atomic E-state index is 0.399. The summed E-state index contributed by atoms with van der Waals surface area (Å²) in [5.41, 5.74) is 6.69. The maximum Gasteiger partial charge on any atom is 0.232 e. The number of aromatic nitrogens is 1. The van der Waals surface area contributed by atoms with Crippen molar-refractivity contribution >= 4 is 0 Å². The molecule has 1 aliphatic rings. The van der Waals surface area contributed by atoms with E-state index in [1.54, 1.807) is 7.11 Å². The van der Waals surface area contributed by atoms with Crippen LogP contribution in [0.4, 0.5) is 0 Å². The van der Waals surface area contributed by atoms with Gasteiger partial charge in [-0.15, -0.1) is 0 Å². The number of hydrogen-bond donors (Lipinski definition) is 0. The highest BCUT2D eigenvalue weighted by atomic mass is 16.5. The Hall–Kier alpha value is -3.32. The van der Waals surface area contributed by atoms with Gasteiger partial charge in [0, 0.05) is 17.5 Å². The van der Waals surface area contributed by atoms with Gasteiger partial charge in [-0.25, -0.2) is 4.98 Å². The van der Waals surface area contributed by atoms with Crippen LogP contribution in [-0.4, -0.2) is 18.7 Å². The molecule has 26 heavy (non-hydrogen) atoms. The molecule has 3 aromatic rings. The average molecular weight is 342 g/mol. The highest BCUT2D eigenvalue weighted by Gasteiger charge is 2.28. The number of methoxy groups -OCH3 is 1. The molecule has 0 amide bonds. The van der Waals surface area contributed by atoms with Crippen LogP contribution in [0.1, 0.15) is 23.6 Å². The lowest BCUT2D eigenvalue weighted by atomic mass is 9.94. The summed E-state index contributed by atoms with van der Waals surface area (Å²) in [5, 5.41) is 9.84. The van der Waals surface area contributed by atoms with Gasteiger partial charge in [-0.2, -0.15) is 5.26 Å². The van der Waals surface area contributed by atoms with E-state index in [0.29, 0.717) is 18.1 Å². The summed E-state index contributed by atoms with van der Waals surface area (Å²) in [5.74, 6) is 1.18. The van der Waals surface area contributed by atoms with E-state index in [9.17, 15) is 5.26 Å². The summed E-state index contributed by atoms with van der Waals surface area (Å²) in [6.45, 7) is 2.36. The molecule has 0 saturated heterocycles. The van der Waals surface area contributed by atoms with Crippen LogP contribution in [0.25, 0.3) is 22.4 Å². The molecule has 0 N–H and O–H groups in total. The summed E-state index contributed by atoms with van der Waals surface area (Å²) in [6, 6.07) is 18.3. The normalized spacial score (nSPS) is 11.4. The zero-order valence-corrected chi connectivity index (χ0v) is 14.7. The van der Waals surface area contributed by atoms with Gasteiger partial charge in [0.2, 0.25) is 5.88 Å². The van der Waals surface area contributed by atoms with Gasteiger partial charge in [0.1, 0.15) is 17.4 Å². The summed E-state index contributed by atoms with van der Waals surface area (Å²) < 4.78 is 11.0. The Bertz CT molecular complexity index is 1020. The Kier molecular flexibility index (Phi) is 4.06. The van der Waals surface area contributed by atoms with Crippen molar-refractivity contribution in [2.24, 2.45) is 0 Å². The van der Waals surface area contributed by atoms with Crippen molar-refractivity contribution in [2.45, 2.75) is 13.3 Å². The highest BCUT2D eigenvalue weighted by molar-refractivity contribution is 5.87. The van der Waals surface area contributed by atoms with Crippen LogP contribution in [0.3, 0.4) is 0 Å². The van der Waals surface area contributed by atoms with Crippen molar-refractivity contribution in [1.82, 2.24) is 4.98 Å². The third-order valence-electron chi connectivity index (χ3n) is 4.68. The third-order valence-corrected chi connectivity index (χ3v) is 4.68. The van der Waals surface area contributed by atoms with Crippen molar-refractivity contribution < 1.29 is 9.47 Å². The predicted molar refractivity (Wildman–Crippen MR) is 100 cm³/mol. The van der Waals surface area contributed by atoms with E-state index in [0.717, 1.165) is 40.1 Å². The first-order valence-electron chi connectivity index (χ1n) is 8.59. The lowest BCUT2D eigenvalue weighted by Gasteiger charge is -2.15. The molecule has 4 nitrogen and oxygen atoms in total. The van der Waals surface area contributed by atoms with Gasteiger partial charge in [-0.3, -0.25) is 0 Å². The summed E-state index contributed by atoms with van der Waals surface area (Å²) in [7, 11) is 1.64. The Morgan fingerprint density at radius 2 is 1.88 bits per heavy atom. The fourth-order valence-corrected chi connectivity index (χ4v) is 3.51. The fourth-order valence-electron chi connectivity index (χ4n) is 3.51. The molecular formula is C22H18N2O2. The lowest BCUT2D eigenvalue weighted by Crippen LogP contribution is -2.03. The van der Waals surface area contributed by atoms with Crippen LogP contribution in [-0.2, 0) is 6.42 Å². The Morgan fingerprint density at radius 3 is 2.58 bits per heavy atom. The molecule has 2 aromatic carbocycles. The number of benzene rings is 2. The van der Waals surface area contributed by atoms with E-state index in [-0.39, 0.29) is 0 Å². The van der Waals surface area contributed by atoms with Crippen molar-refractivity contribution in [3.8, 4) is 40.1 Å². The number of pyridine rings is 1. The van der Waals surface area contributed by atoms with Gasteiger partial charge in [-0.05, 0) is 35.7 Å². The fraction of sp³-hybridized carbons (Fsp3) is 0.182. The van der Waals surface area contributed by atoms with Crippen LogP contribution in [0.5, 0.6) is 11.6 Å². The van der Waals surface area contributed by atoms with Crippen molar-refractivity contribution in [2.75, 3.05) is 13.7 Å². The number of hydrogen-bond acceptors (Lipinski definition) is 4. The molecule has 128 valence electrons. The van der Waals surface area contributed by atoms with Crippen LogP contribution >= 0.6 is 0 Å². The zero-order valence-electron chi connectivity index (χ0n) is 14.7. The van der Waals surface area contributed by atoms with Crippen molar-refractivity contribution in [3.05, 3.63) is 65.2 Å². The topological polar surface area (TPSA) is 55.1 Å². The molecule has 0 spiro atoms. The Balaban J connectivity index is 2.00. The standard InChI is InChI=1S/C22H18N2O2/c1-3-26-22-19(13-23)20(14-8-10-16(25-2)11-9-14)18-12-15-6-4-5-7-17(15)21(18)24-22/h4-11H,3,12H2,1-2H3. The van der Waals surface area contributed by atoms with Gasteiger partial charge in [0.05, 0.1) is 19.4 Å². The largest absolute Gasteiger partial charge is 0.497 e. The number of nitriles is 1. The molecule has 0 aliphatic heterocycles. The van der Waals surface area contributed by atoms with Gasteiger partial charge < -0.3 is 9.47 Å². The summed E-state index contributed by atoms with van der Waals surface area (Å²) in [4.78, 5) is 4.71. The molecule has 4 rings (SSSR count). The minimum atomic E-state index is 0.399. The van der Waals surface area contributed by atoms with Gasteiger partial charge in [0.25, 0.3) is 0 Å². The Labute approximate surface area is 152 Å². The predicted octanol–water partition coefficient (Wildman–Crippen LogP) is 4.60. The first-order chi connectivity index (χ1) is 12.8. The molecule has 1 aliphatic carbocycles. The number of rotatable bonds is 4. The van der Waals surface area contributed by atoms with Crippen LogP contribution in [0.2, 0.25) is 0 Å². The average Bonchev–Trinajstić information content (AvgIpc) is 3.05. The number of nitrogens with zero attached hydrogens (tertiary/aromatic N) is 2. The quantitative estimate of drug-likeness (QED) is 0.544. The zero-order chi connectivity index (χ0) is 18.1. The number of fused-ring (bicyclic) bond motifs is 3. The molecule has 0 radical (unpaired) electrons. The maximum absolute atomic E-state index is 9.84. The molecule has 0 unspecified atom stereocenters. The SMILES string of the molecule is CCOc1nc2c(c(-c3ccc(OC)cc3)c1C#N)Cc1ccccc1-2. The van der Waals surface area contributed by atoms with E-state index < -0.39 is 0 Å².